The molecule has 0 spiro atoms. The van der Waals surface area contributed by atoms with Crippen LogP contribution in [-0.2, 0) is 4.74 Å². The molecular weight excluding hydrogens is 294 g/mol. The number of methoxy groups -OCH3 is 1. The zero-order chi connectivity index (χ0) is 18.9. The van der Waals surface area contributed by atoms with Crippen LogP contribution in [-0.4, -0.2) is 62.3 Å². The van der Waals surface area contributed by atoms with Crippen LogP contribution in [0.1, 0.15) is 41.5 Å². The zero-order valence-electron chi connectivity index (χ0n) is 16.1. The highest BCUT2D eigenvalue weighted by Gasteiger charge is 2.25. The van der Waals surface area contributed by atoms with Crippen molar-refractivity contribution in [1.82, 2.24) is 4.90 Å². The first-order chi connectivity index (χ1) is 10.8. The van der Waals surface area contributed by atoms with Gasteiger partial charge in [0.15, 0.2) is 11.9 Å². The highest BCUT2D eigenvalue weighted by molar-refractivity contribution is 5.75. The lowest BCUT2D eigenvalue weighted by molar-refractivity contribution is 0.0375. The molecule has 0 aromatic carbocycles. The maximum absolute atomic E-state index is 5.32. The molecule has 140 valence electrons. The minimum Gasteiger partial charge on any atom is -0.383 e. The van der Waals surface area contributed by atoms with Gasteiger partial charge in [-0.3, -0.25) is 14.9 Å². The Morgan fingerprint density at radius 2 is 1.22 bits per heavy atom. The third-order valence-electron chi connectivity index (χ3n) is 2.68. The van der Waals surface area contributed by atoms with Gasteiger partial charge < -0.3 is 27.7 Å². The first-order valence-electron chi connectivity index (χ1n) is 8.14. The van der Waals surface area contributed by atoms with Crippen LogP contribution in [0.5, 0.6) is 0 Å². The molecular formula is C15H39N7O. The molecule has 0 aliphatic heterocycles. The molecule has 0 saturated carbocycles. The molecule has 0 amide bonds. The Morgan fingerprint density at radius 1 is 0.870 bits per heavy atom. The largest absolute Gasteiger partial charge is 0.383 e. The topological polar surface area (TPSA) is 141 Å². The van der Waals surface area contributed by atoms with Gasteiger partial charge in [0.05, 0.1) is 19.7 Å². The summed E-state index contributed by atoms with van der Waals surface area (Å²) in [5, 5.41) is 0. The van der Waals surface area contributed by atoms with Gasteiger partial charge in [0.1, 0.15) is 0 Å². The van der Waals surface area contributed by atoms with Crippen molar-refractivity contribution in [3.05, 3.63) is 0 Å². The lowest BCUT2D eigenvalue weighted by Crippen LogP contribution is -2.49. The molecule has 8 N–H and O–H groups in total. The molecule has 0 atom stereocenters. The van der Waals surface area contributed by atoms with E-state index in [2.05, 4.69) is 28.7 Å². The molecule has 0 aromatic heterocycles. The predicted molar refractivity (Wildman–Crippen MR) is 102 cm³/mol. The number of guanidine groups is 2. The molecule has 8 heteroatoms. The second-order valence-electron chi connectivity index (χ2n) is 4.85. The first-order valence-corrected chi connectivity index (χ1v) is 8.14. The van der Waals surface area contributed by atoms with E-state index in [4.69, 9.17) is 27.7 Å². The Morgan fingerprint density at radius 3 is 1.48 bits per heavy atom. The van der Waals surface area contributed by atoms with Crippen LogP contribution in [0.4, 0.5) is 0 Å². The molecule has 0 saturated heterocycles. The smallest absolute Gasteiger partial charge is 0.185 e. The molecule has 0 aliphatic carbocycles. The summed E-state index contributed by atoms with van der Waals surface area (Å²) in [4.78, 5) is 10.2. The number of rotatable bonds is 9. The van der Waals surface area contributed by atoms with Gasteiger partial charge in [-0.1, -0.05) is 27.7 Å². The molecule has 0 bridgehead atoms. The fraction of sp³-hybridized carbons (Fsp3) is 0.867. The minimum atomic E-state index is -0.146. The summed E-state index contributed by atoms with van der Waals surface area (Å²) in [6.45, 7) is 15.2. The van der Waals surface area contributed by atoms with Crippen molar-refractivity contribution in [2.75, 3.05) is 39.9 Å². The summed E-state index contributed by atoms with van der Waals surface area (Å²) in [7, 11) is 1.67. The van der Waals surface area contributed by atoms with E-state index in [1.165, 1.54) is 0 Å². The Labute approximate surface area is 142 Å². The molecule has 0 aromatic rings. The van der Waals surface area contributed by atoms with Gasteiger partial charge in [0, 0.05) is 25.7 Å². The summed E-state index contributed by atoms with van der Waals surface area (Å²) in [5.41, 5.74) is 21.1. The summed E-state index contributed by atoms with van der Waals surface area (Å²) in [6.07, 6.45) is 0. The van der Waals surface area contributed by atoms with E-state index in [0.29, 0.717) is 32.8 Å². The Hall–Kier alpha value is -1.54. The van der Waals surface area contributed by atoms with Crippen LogP contribution < -0.4 is 22.9 Å². The molecule has 8 nitrogen and oxygen atoms in total. The number of ether oxygens (including phenoxy) is 1. The normalized spacial score (nSPS) is 9.91. The third kappa shape index (κ3) is 16.7. The zero-order valence-corrected chi connectivity index (χ0v) is 16.1. The Kier molecular flexibility index (Phi) is 19.3. The van der Waals surface area contributed by atoms with Crippen LogP contribution in [0.2, 0.25) is 0 Å². The Bertz CT molecular complexity index is 287. The van der Waals surface area contributed by atoms with Gasteiger partial charge in [-0.25, -0.2) is 0 Å². The highest BCUT2D eigenvalue weighted by atomic mass is 16.5. The maximum Gasteiger partial charge on any atom is 0.185 e. The predicted octanol–water partition coefficient (Wildman–Crippen LogP) is 0.313. The van der Waals surface area contributed by atoms with Gasteiger partial charge in [-0.2, -0.15) is 0 Å². The van der Waals surface area contributed by atoms with Gasteiger partial charge in [0.25, 0.3) is 0 Å². The van der Waals surface area contributed by atoms with Crippen molar-refractivity contribution in [2.45, 2.75) is 47.1 Å². The number of aliphatic imine (C=N–C) groups is 2. The minimum absolute atomic E-state index is 0.0914. The van der Waals surface area contributed by atoms with E-state index >= 15 is 0 Å². The van der Waals surface area contributed by atoms with Crippen molar-refractivity contribution >= 4 is 11.9 Å². The van der Waals surface area contributed by atoms with Crippen LogP contribution in [0.15, 0.2) is 9.98 Å². The second-order valence-corrected chi connectivity index (χ2v) is 4.85. The van der Waals surface area contributed by atoms with E-state index in [-0.39, 0.29) is 17.5 Å². The van der Waals surface area contributed by atoms with Crippen LogP contribution >= 0.6 is 0 Å². The van der Waals surface area contributed by atoms with Crippen molar-refractivity contribution in [1.29, 1.82) is 0 Å². The van der Waals surface area contributed by atoms with Gasteiger partial charge >= 0.3 is 0 Å². The molecule has 0 unspecified atom stereocenters. The van der Waals surface area contributed by atoms with E-state index in [1.54, 1.807) is 7.11 Å². The lowest BCUT2D eigenvalue weighted by atomic mass is 10.0. The maximum atomic E-state index is 5.32. The Balaban J connectivity index is -0.000000919. The number of nitrogens with two attached hydrogens (primary N) is 4. The molecule has 0 radical (unpaired) electrons. The summed E-state index contributed by atoms with van der Waals surface area (Å²) in [5.74, 6) is 0.183. The number of hydrogen-bond donors (Lipinski definition) is 4. The SMILES string of the molecule is CC.CC.COCC(C)(C)N(CCN=C(N)N)CCN=C(N)N. The molecule has 0 heterocycles. The van der Waals surface area contributed by atoms with Gasteiger partial charge in [-0.15, -0.1) is 0 Å². The highest BCUT2D eigenvalue weighted by Crippen LogP contribution is 2.14. The second kappa shape index (κ2) is 16.8. The summed E-state index contributed by atoms with van der Waals surface area (Å²) < 4.78 is 5.23. The number of hydrogen-bond acceptors (Lipinski definition) is 4. The van der Waals surface area contributed by atoms with Crippen LogP contribution in [0.25, 0.3) is 0 Å². The van der Waals surface area contributed by atoms with Crippen LogP contribution in [0, 0.1) is 0 Å². The first kappa shape index (κ1) is 26.4. The van der Waals surface area contributed by atoms with Gasteiger partial charge in [0.2, 0.25) is 0 Å². The van der Waals surface area contributed by atoms with Crippen molar-refractivity contribution < 1.29 is 4.74 Å². The number of nitrogens with zero attached hydrogens (tertiary/aromatic N) is 3. The standard InChI is InChI=1S/C11H27N7O.2C2H6/c1-11(2,8-19-3)18(6-4-16-9(12)13)7-5-17-10(14)15;2*1-2/h4-8H2,1-3H3,(H4,12,13,16)(H4,14,15,17);2*1-2H3. The lowest BCUT2D eigenvalue weighted by Gasteiger charge is -2.37. The van der Waals surface area contributed by atoms with Crippen molar-refractivity contribution in [3.63, 3.8) is 0 Å². The fourth-order valence-corrected chi connectivity index (χ4v) is 1.76. The third-order valence-corrected chi connectivity index (χ3v) is 2.68. The fourth-order valence-electron chi connectivity index (χ4n) is 1.76. The quantitative estimate of drug-likeness (QED) is 0.353. The van der Waals surface area contributed by atoms with E-state index in [1.807, 2.05) is 27.7 Å². The monoisotopic (exact) mass is 333 g/mol. The average molecular weight is 334 g/mol. The summed E-state index contributed by atoms with van der Waals surface area (Å²) >= 11 is 0. The molecule has 0 aliphatic rings. The molecule has 23 heavy (non-hydrogen) atoms. The van der Waals surface area contributed by atoms with Crippen molar-refractivity contribution in [3.8, 4) is 0 Å². The van der Waals surface area contributed by atoms with E-state index in [9.17, 15) is 0 Å². The average Bonchev–Trinajstić information content (AvgIpc) is 2.49. The van der Waals surface area contributed by atoms with Gasteiger partial charge in [-0.05, 0) is 13.8 Å². The summed E-state index contributed by atoms with van der Waals surface area (Å²) in [6, 6.07) is 0. The molecule has 0 fully saturated rings. The van der Waals surface area contributed by atoms with E-state index in [0.717, 1.165) is 0 Å². The van der Waals surface area contributed by atoms with Crippen LogP contribution in [0.3, 0.4) is 0 Å². The molecule has 0 rings (SSSR count). The van der Waals surface area contributed by atoms with E-state index < -0.39 is 0 Å². The van der Waals surface area contributed by atoms with Crippen molar-refractivity contribution in [2.24, 2.45) is 32.9 Å².